The molecule has 0 spiro atoms. The van der Waals surface area contributed by atoms with Crippen molar-refractivity contribution in [2.24, 2.45) is 52.3 Å². The number of ketones is 1. The van der Waals surface area contributed by atoms with E-state index < -0.39 is 0 Å². The highest BCUT2D eigenvalue weighted by atomic mass is 16.1. The highest BCUT2D eigenvalue weighted by molar-refractivity contribution is 5.91. The molecule has 3 saturated carbocycles. The maximum Gasteiger partial charge on any atom is 0.155 e. The Morgan fingerprint density at radius 3 is 2.41 bits per heavy atom. The molecule has 0 aliphatic heterocycles. The van der Waals surface area contributed by atoms with Gasteiger partial charge in [0.1, 0.15) is 0 Å². The summed E-state index contributed by atoms with van der Waals surface area (Å²) in [5.74, 6) is 5.95. The molecule has 3 fully saturated rings. The minimum Gasteiger partial charge on any atom is -0.295 e. The molecule has 0 aromatic rings. The zero-order chi connectivity index (χ0) is 21.0. The lowest BCUT2D eigenvalue weighted by Crippen LogP contribution is -2.50. The standard InChI is InChI=1S/C28H44O/c1-18(2)19(3)7-8-20(4)24-11-12-25-23-10-9-21-17-22(29)13-15-27(21,5)26(23)14-16-28(24,25)6/h7-8,17-20,23-26H,9-16H2,1-6H3/t19?,20-,23+,24-,25+,26+,27+,28-/m1/s1. The molecule has 4 aliphatic rings. The van der Waals surface area contributed by atoms with Crippen molar-refractivity contribution in [1.82, 2.24) is 0 Å². The van der Waals surface area contributed by atoms with Crippen LogP contribution in [0.2, 0.25) is 0 Å². The Hall–Kier alpha value is -0.850. The van der Waals surface area contributed by atoms with Gasteiger partial charge in [-0.3, -0.25) is 4.79 Å². The molecule has 0 bridgehead atoms. The highest BCUT2D eigenvalue weighted by Gasteiger charge is 2.59. The second-order valence-electron chi connectivity index (χ2n) is 12.0. The van der Waals surface area contributed by atoms with Crippen LogP contribution < -0.4 is 0 Å². The first kappa shape index (κ1) is 21.4. The molecule has 1 nitrogen and oxygen atoms in total. The van der Waals surface area contributed by atoms with E-state index in [0.717, 1.165) is 42.4 Å². The van der Waals surface area contributed by atoms with Gasteiger partial charge in [-0.25, -0.2) is 0 Å². The summed E-state index contributed by atoms with van der Waals surface area (Å²) in [7, 11) is 0. The number of allylic oxidation sites excluding steroid dienone is 3. The molecule has 4 rings (SSSR count). The third kappa shape index (κ3) is 3.49. The Labute approximate surface area is 179 Å². The van der Waals surface area contributed by atoms with Gasteiger partial charge in [0.15, 0.2) is 5.78 Å². The summed E-state index contributed by atoms with van der Waals surface area (Å²) in [6.45, 7) is 14.7. The van der Waals surface area contributed by atoms with Gasteiger partial charge in [0, 0.05) is 6.42 Å². The van der Waals surface area contributed by atoms with E-state index in [0.29, 0.717) is 28.4 Å². The third-order valence-electron chi connectivity index (χ3n) is 10.4. The average Bonchev–Trinajstić information content (AvgIpc) is 3.03. The molecule has 0 saturated heterocycles. The van der Waals surface area contributed by atoms with Crippen LogP contribution in [-0.2, 0) is 4.79 Å². The van der Waals surface area contributed by atoms with Crippen molar-refractivity contribution in [3.63, 3.8) is 0 Å². The van der Waals surface area contributed by atoms with Gasteiger partial charge in [-0.2, -0.15) is 0 Å². The Morgan fingerprint density at radius 2 is 1.69 bits per heavy atom. The van der Waals surface area contributed by atoms with E-state index in [1.165, 1.54) is 44.1 Å². The fraction of sp³-hybridized carbons (Fsp3) is 0.821. The van der Waals surface area contributed by atoms with Crippen LogP contribution in [0, 0.1) is 52.3 Å². The van der Waals surface area contributed by atoms with Gasteiger partial charge in [0.2, 0.25) is 0 Å². The van der Waals surface area contributed by atoms with Crippen molar-refractivity contribution in [3.8, 4) is 0 Å². The van der Waals surface area contributed by atoms with Crippen LogP contribution in [-0.4, -0.2) is 5.78 Å². The van der Waals surface area contributed by atoms with Crippen LogP contribution in [0.4, 0.5) is 0 Å². The summed E-state index contributed by atoms with van der Waals surface area (Å²) >= 11 is 0. The van der Waals surface area contributed by atoms with Crippen molar-refractivity contribution < 1.29 is 4.79 Å². The Kier molecular flexibility index (Phi) is 5.67. The fourth-order valence-electron chi connectivity index (χ4n) is 8.17. The largest absolute Gasteiger partial charge is 0.295 e. The minimum atomic E-state index is 0.314. The molecule has 1 heteroatoms. The first-order valence-corrected chi connectivity index (χ1v) is 12.6. The summed E-state index contributed by atoms with van der Waals surface area (Å²) in [6, 6.07) is 0. The Bertz CT molecular complexity index is 699. The molecule has 8 atom stereocenters. The van der Waals surface area contributed by atoms with E-state index in [4.69, 9.17) is 0 Å². The predicted octanol–water partition coefficient (Wildman–Crippen LogP) is 7.62. The van der Waals surface area contributed by atoms with Crippen LogP contribution >= 0.6 is 0 Å². The molecule has 4 aliphatic carbocycles. The number of hydrogen-bond donors (Lipinski definition) is 0. The van der Waals surface area contributed by atoms with E-state index >= 15 is 0 Å². The quantitative estimate of drug-likeness (QED) is 0.447. The summed E-state index contributed by atoms with van der Waals surface area (Å²) in [5.41, 5.74) is 2.34. The minimum absolute atomic E-state index is 0.314. The zero-order valence-electron chi connectivity index (χ0n) is 19.8. The molecule has 162 valence electrons. The molecule has 0 amide bonds. The van der Waals surface area contributed by atoms with E-state index in [1.807, 2.05) is 6.08 Å². The van der Waals surface area contributed by atoms with Gasteiger partial charge in [0.25, 0.3) is 0 Å². The van der Waals surface area contributed by atoms with Crippen LogP contribution in [0.1, 0.15) is 92.9 Å². The van der Waals surface area contributed by atoms with Crippen LogP contribution in [0.25, 0.3) is 0 Å². The lowest BCUT2D eigenvalue weighted by atomic mass is 9.46. The second-order valence-corrected chi connectivity index (χ2v) is 12.0. The molecular weight excluding hydrogens is 352 g/mol. The normalized spacial score (nSPS) is 44.2. The number of rotatable bonds is 4. The molecule has 29 heavy (non-hydrogen) atoms. The lowest BCUT2D eigenvalue weighted by molar-refractivity contribution is -0.117. The molecule has 0 N–H and O–H groups in total. The van der Waals surface area contributed by atoms with E-state index in [1.54, 1.807) is 0 Å². The number of carbonyl (C=O) groups is 1. The Balaban J connectivity index is 1.53. The van der Waals surface area contributed by atoms with E-state index in [2.05, 4.69) is 53.7 Å². The summed E-state index contributed by atoms with van der Waals surface area (Å²) in [6.07, 6.45) is 17.2. The lowest BCUT2D eigenvalue weighted by Gasteiger charge is -2.58. The topological polar surface area (TPSA) is 17.1 Å². The van der Waals surface area contributed by atoms with Gasteiger partial charge in [0.05, 0.1) is 0 Å². The number of hydrogen-bond acceptors (Lipinski definition) is 1. The average molecular weight is 397 g/mol. The predicted molar refractivity (Wildman–Crippen MR) is 123 cm³/mol. The first-order valence-electron chi connectivity index (χ1n) is 12.6. The molecule has 0 radical (unpaired) electrons. The maximum atomic E-state index is 12.0. The van der Waals surface area contributed by atoms with Gasteiger partial charge < -0.3 is 0 Å². The smallest absolute Gasteiger partial charge is 0.155 e. The summed E-state index contributed by atoms with van der Waals surface area (Å²) in [4.78, 5) is 12.0. The van der Waals surface area contributed by atoms with Crippen molar-refractivity contribution in [2.75, 3.05) is 0 Å². The molecule has 1 unspecified atom stereocenters. The van der Waals surface area contributed by atoms with Crippen LogP contribution in [0.3, 0.4) is 0 Å². The first-order chi connectivity index (χ1) is 13.7. The molecule has 0 aromatic heterocycles. The van der Waals surface area contributed by atoms with Crippen LogP contribution in [0.5, 0.6) is 0 Å². The molecule has 0 heterocycles. The number of carbonyl (C=O) groups excluding carboxylic acids is 1. The number of fused-ring (bicyclic) bond motifs is 5. The van der Waals surface area contributed by atoms with Crippen molar-refractivity contribution in [2.45, 2.75) is 92.9 Å². The van der Waals surface area contributed by atoms with Gasteiger partial charge in [-0.1, -0.05) is 59.3 Å². The zero-order valence-corrected chi connectivity index (χ0v) is 19.8. The molecule has 0 aromatic carbocycles. The highest BCUT2D eigenvalue weighted by Crippen LogP contribution is 2.67. The summed E-state index contributed by atoms with van der Waals surface area (Å²) < 4.78 is 0. The van der Waals surface area contributed by atoms with Crippen molar-refractivity contribution in [3.05, 3.63) is 23.8 Å². The van der Waals surface area contributed by atoms with Gasteiger partial charge in [-0.05, 0) is 103 Å². The SMILES string of the molecule is CC(C)C(C)C=C[C@@H](C)[C@H]1CC[C@H]2[C@@H]3CCC4=CC(=O)CC[C@]4(C)[C@H]3CC[C@]12C. The van der Waals surface area contributed by atoms with E-state index in [-0.39, 0.29) is 0 Å². The van der Waals surface area contributed by atoms with E-state index in [9.17, 15) is 4.79 Å². The monoisotopic (exact) mass is 396 g/mol. The second kappa shape index (κ2) is 7.69. The molecular formula is C28H44O. The Morgan fingerprint density at radius 1 is 0.931 bits per heavy atom. The van der Waals surface area contributed by atoms with Crippen LogP contribution in [0.15, 0.2) is 23.8 Å². The summed E-state index contributed by atoms with van der Waals surface area (Å²) in [5, 5.41) is 0. The van der Waals surface area contributed by atoms with Gasteiger partial charge in [-0.15, -0.1) is 0 Å². The van der Waals surface area contributed by atoms with Crippen molar-refractivity contribution in [1.29, 1.82) is 0 Å². The maximum absolute atomic E-state index is 12.0. The van der Waals surface area contributed by atoms with Gasteiger partial charge >= 0.3 is 0 Å². The van der Waals surface area contributed by atoms with Crippen molar-refractivity contribution >= 4 is 5.78 Å². The third-order valence-corrected chi connectivity index (χ3v) is 10.4. The fourth-order valence-corrected chi connectivity index (χ4v) is 8.17.